The highest BCUT2D eigenvalue weighted by Crippen LogP contribution is 2.33. The summed E-state index contributed by atoms with van der Waals surface area (Å²) in [7, 11) is 0. The average molecular weight is 223 g/mol. The predicted octanol–water partition coefficient (Wildman–Crippen LogP) is 2.00. The van der Waals surface area contributed by atoms with Crippen molar-refractivity contribution in [3.63, 3.8) is 0 Å². The Bertz CT molecular complexity index is 354. The number of nitrogens with one attached hydrogen (secondary N) is 1. The summed E-state index contributed by atoms with van der Waals surface area (Å²) in [6, 6.07) is 8.15. The van der Waals surface area contributed by atoms with Crippen LogP contribution in [0.2, 0.25) is 5.02 Å². The highest BCUT2D eigenvalue weighted by molar-refractivity contribution is 6.33. The zero-order chi connectivity index (χ0) is 10.3. The van der Waals surface area contributed by atoms with E-state index < -0.39 is 0 Å². The Balaban J connectivity index is 1.82. The standard InChI is InChI=1S/C12H15ClN2/c13-11-3-1-2-4-12(11)15-7-9-5-14-6-10(9)8-15/h1-4,9-10,14H,5-8H2/t9-,10+. The maximum absolute atomic E-state index is 6.20. The Hall–Kier alpha value is -0.730. The smallest absolute Gasteiger partial charge is 0.0639 e. The molecule has 2 nitrogen and oxygen atoms in total. The zero-order valence-corrected chi connectivity index (χ0v) is 9.37. The zero-order valence-electron chi connectivity index (χ0n) is 8.62. The fourth-order valence-electron chi connectivity index (χ4n) is 2.76. The fourth-order valence-corrected chi connectivity index (χ4v) is 3.02. The highest BCUT2D eigenvalue weighted by Gasteiger charge is 2.36. The Morgan fingerprint density at radius 2 is 1.80 bits per heavy atom. The van der Waals surface area contributed by atoms with Gasteiger partial charge in [-0.05, 0) is 24.0 Å². The summed E-state index contributed by atoms with van der Waals surface area (Å²) >= 11 is 6.20. The van der Waals surface area contributed by atoms with E-state index in [0.717, 1.165) is 29.9 Å². The molecule has 2 aliphatic rings. The lowest BCUT2D eigenvalue weighted by atomic mass is 10.0. The molecule has 0 bridgehead atoms. The van der Waals surface area contributed by atoms with Crippen LogP contribution in [0.25, 0.3) is 0 Å². The van der Waals surface area contributed by atoms with Gasteiger partial charge >= 0.3 is 0 Å². The molecule has 2 fully saturated rings. The molecule has 2 heterocycles. The van der Waals surface area contributed by atoms with E-state index in [0.29, 0.717) is 0 Å². The van der Waals surface area contributed by atoms with Gasteiger partial charge in [0, 0.05) is 26.2 Å². The summed E-state index contributed by atoms with van der Waals surface area (Å²) < 4.78 is 0. The van der Waals surface area contributed by atoms with Crippen LogP contribution in [0.5, 0.6) is 0 Å². The largest absolute Gasteiger partial charge is 0.370 e. The lowest BCUT2D eigenvalue weighted by Crippen LogP contribution is -2.25. The van der Waals surface area contributed by atoms with Crippen LogP contribution in [0.15, 0.2) is 24.3 Å². The summed E-state index contributed by atoms with van der Waals surface area (Å²) in [6.07, 6.45) is 0. The summed E-state index contributed by atoms with van der Waals surface area (Å²) in [6.45, 7) is 4.65. The molecule has 0 amide bonds. The molecule has 1 N–H and O–H groups in total. The van der Waals surface area contributed by atoms with Crippen LogP contribution in [0.4, 0.5) is 5.69 Å². The quantitative estimate of drug-likeness (QED) is 0.782. The number of rotatable bonds is 1. The van der Waals surface area contributed by atoms with Crippen molar-refractivity contribution in [2.75, 3.05) is 31.1 Å². The van der Waals surface area contributed by atoms with E-state index in [9.17, 15) is 0 Å². The van der Waals surface area contributed by atoms with Crippen LogP contribution in [-0.2, 0) is 0 Å². The first kappa shape index (κ1) is 9.49. The SMILES string of the molecule is Clc1ccccc1N1C[C@H]2CNC[C@H]2C1. The number of hydrogen-bond donors (Lipinski definition) is 1. The summed E-state index contributed by atoms with van der Waals surface area (Å²) in [5.74, 6) is 1.64. The monoisotopic (exact) mass is 222 g/mol. The first-order valence-corrected chi connectivity index (χ1v) is 5.92. The molecule has 3 rings (SSSR count). The minimum absolute atomic E-state index is 0.821. The van der Waals surface area contributed by atoms with Gasteiger partial charge in [0.15, 0.2) is 0 Å². The Morgan fingerprint density at radius 3 is 2.47 bits per heavy atom. The molecule has 2 atom stereocenters. The van der Waals surface area contributed by atoms with Crippen molar-refractivity contribution in [3.05, 3.63) is 29.3 Å². The molecule has 0 radical (unpaired) electrons. The molecule has 15 heavy (non-hydrogen) atoms. The highest BCUT2D eigenvalue weighted by atomic mass is 35.5. The molecule has 0 aliphatic carbocycles. The number of benzene rings is 1. The van der Waals surface area contributed by atoms with E-state index >= 15 is 0 Å². The van der Waals surface area contributed by atoms with Crippen molar-refractivity contribution in [1.29, 1.82) is 0 Å². The molecule has 2 aliphatic heterocycles. The third kappa shape index (κ3) is 1.62. The molecule has 1 aromatic rings. The number of fused-ring (bicyclic) bond motifs is 1. The lowest BCUT2D eigenvalue weighted by molar-refractivity contribution is 0.533. The normalized spacial score (nSPS) is 29.5. The van der Waals surface area contributed by atoms with Gasteiger partial charge in [-0.3, -0.25) is 0 Å². The maximum Gasteiger partial charge on any atom is 0.0639 e. The molecule has 3 heteroatoms. The predicted molar refractivity (Wildman–Crippen MR) is 63.5 cm³/mol. The van der Waals surface area contributed by atoms with Crippen molar-refractivity contribution in [1.82, 2.24) is 5.32 Å². The van der Waals surface area contributed by atoms with Crippen LogP contribution < -0.4 is 10.2 Å². The molecule has 0 spiro atoms. The van der Waals surface area contributed by atoms with E-state index in [2.05, 4.69) is 22.3 Å². The first-order chi connectivity index (χ1) is 7.34. The van der Waals surface area contributed by atoms with E-state index in [4.69, 9.17) is 11.6 Å². The number of nitrogens with zero attached hydrogens (tertiary/aromatic N) is 1. The van der Waals surface area contributed by atoms with E-state index in [1.54, 1.807) is 0 Å². The van der Waals surface area contributed by atoms with Crippen molar-refractivity contribution in [3.8, 4) is 0 Å². The molecule has 0 aromatic heterocycles. The van der Waals surface area contributed by atoms with Crippen molar-refractivity contribution >= 4 is 17.3 Å². The summed E-state index contributed by atoms with van der Waals surface area (Å²) in [5.41, 5.74) is 1.20. The first-order valence-electron chi connectivity index (χ1n) is 5.55. The molecule has 80 valence electrons. The summed E-state index contributed by atoms with van der Waals surface area (Å²) in [5, 5.41) is 4.33. The second-order valence-electron chi connectivity index (χ2n) is 4.53. The van der Waals surface area contributed by atoms with Gasteiger partial charge in [0.25, 0.3) is 0 Å². The molecule has 2 saturated heterocycles. The third-order valence-electron chi connectivity index (χ3n) is 3.58. The second kappa shape index (κ2) is 3.69. The van der Waals surface area contributed by atoms with Crippen molar-refractivity contribution < 1.29 is 0 Å². The third-order valence-corrected chi connectivity index (χ3v) is 3.90. The van der Waals surface area contributed by atoms with Gasteiger partial charge in [0.05, 0.1) is 10.7 Å². The minimum Gasteiger partial charge on any atom is -0.370 e. The summed E-state index contributed by atoms with van der Waals surface area (Å²) in [4.78, 5) is 2.43. The Labute approximate surface area is 95.2 Å². The van der Waals surface area contributed by atoms with Gasteiger partial charge in [0.2, 0.25) is 0 Å². The van der Waals surface area contributed by atoms with Crippen LogP contribution in [0.3, 0.4) is 0 Å². The Morgan fingerprint density at radius 1 is 1.13 bits per heavy atom. The number of hydrogen-bond acceptors (Lipinski definition) is 2. The lowest BCUT2D eigenvalue weighted by Gasteiger charge is -2.20. The average Bonchev–Trinajstić information content (AvgIpc) is 2.77. The van der Waals surface area contributed by atoms with Gasteiger partial charge < -0.3 is 10.2 Å². The minimum atomic E-state index is 0.821. The van der Waals surface area contributed by atoms with E-state index in [1.165, 1.54) is 18.8 Å². The fraction of sp³-hybridized carbons (Fsp3) is 0.500. The van der Waals surface area contributed by atoms with Gasteiger partial charge in [-0.25, -0.2) is 0 Å². The van der Waals surface area contributed by atoms with Gasteiger partial charge in [-0.2, -0.15) is 0 Å². The van der Waals surface area contributed by atoms with Crippen LogP contribution in [-0.4, -0.2) is 26.2 Å². The maximum atomic E-state index is 6.20. The van der Waals surface area contributed by atoms with Gasteiger partial charge in [-0.1, -0.05) is 23.7 Å². The van der Waals surface area contributed by atoms with Gasteiger partial charge in [-0.15, -0.1) is 0 Å². The number of anilines is 1. The molecule has 0 unspecified atom stereocenters. The number of para-hydroxylation sites is 1. The van der Waals surface area contributed by atoms with Gasteiger partial charge in [0.1, 0.15) is 0 Å². The molecule has 1 aromatic carbocycles. The van der Waals surface area contributed by atoms with Crippen molar-refractivity contribution in [2.45, 2.75) is 0 Å². The second-order valence-corrected chi connectivity index (χ2v) is 4.94. The van der Waals surface area contributed by atoms with Crippen LogP contribution in [0, 0.1) is 11.8 Å². The molecular weight excluding hydrogens is 208 g/mol. The van der Waals surface area contributed by atoms with E-state index in [1.807, 2.05) is 12.1 Å². The number of halogens is 1. The van der Waals surface area contributed by atoms with E-state index in [-0.39, 0.29) is 0 Å². The molecular formula is C12H15ClN2. The van der Waals surface area contributed by atoms with Crippen LogP contribution in [0.1, 0.15) is 0 Å². The topological polar surface area (TPSA) is 15.3 Å². The Kier molecular flexibility index (Phi) is 2.33. The van der Waals surface area contributed by atoms with Crippen molar-refractivity contribution in [2.24, 2.45) is 11.8 Å². The van der Waals surface area contributed by atoms with Crippen LogP contribution >= 0.6 is 11.6 Å². The molecule has 0 saturated carbocycles.